The zero-order chi connectivity index (χ0) is 11.1. The van der Waals surface area contributed by atoms with E-state index in [2.05, 4.69) is 0 Å². The molecule has 2 rings (SSSR count). The van der Waals surface area contributed by atoms with Gasteiger partial charge in [-0.05, 0) is 12.1 Å². The van der Waals surface area contributed by atoms with Crippen LogP contribution < -0.4 is 9.47 Å². The molecule has 1 aromatic rings. The molecule has 0 atom stereocenters. The van der Waals surface area contributed by atoms with E-state index in [9.17, 15) is 8.42 Å². The van der Waals surface area contributed by atoms with Gasteiger partial charge in [-0.25, -0.2) is 8.42 Å². The Bertz CT molecular complexity index is 495. The first-order valence-corrected chi connectivity index (χ1v) is 6.62. The Morgan fingerprint density at radius 3 is 2.80 bits per heavy atom. The topological polar surface area (TPSA) is 52.6 Å². The second-order valence-electron chi connectivity index (χ2n) is 3.11. The third-order valence-electron chi connectivity index (χ3n) is 2.26. The van der Waals surface area contributed by atoms with Gasteiger partial charge in [0.25, 0.3) is 9.05 Å². The van der Waals surface area contributed by atoms with Crippen LogP contribution in [0.15, 0.2) is 17.0 Å². The molecule has 0 saturated heterocycles. The minimum atomic E-state index is -3.78. The van der Waals surface area contributed by atoms with Crippen molar-refractivity contribution in [2.24, 2.45) is 0 Å². The van der Waals surface area contributed by atoms with E-state index in [1.165, 1.54) is 13.2 Å². The fourth-order valence-electron chi connectivity index (χ4n) is 1.64. The molecule has 1 aliphatic heterocycles. The molecule has 0 amide bonds. The van der Waals surface area contributed by atoms with Crippen molar-refractivity contribution in [3.63, 3.8) is 0 Å². The fraction of sp³-hybridized carbons (Fsp3) is 0.333. The second-order valence-corrected chi connectivity index (χ2v) is 5.64. The van der Waals surface area contributed by atoms with Crippen molar-refractivity contribution < 1.29 is 17.9 Å². The van der Waals surface area contributed by atoms with Gasteiger partial charge < -0.3 is 9.47 Å². The number of fused-ring (bicyclic) bond motifs is 1. The largest absolute Gasteiger partial charge is 0.495 e. The van der Waals surface area contributed by atoms with Crippen molar-refractivity contribution in [1.82, 2.24) is 0 Å². The summed E-state index contributed by atoms with van der Waals surface area (Å²) < 4.78 is 32.9. The van der Waals surface area contributed by atoms with Gasteiger partial charge in [0.2, 0.25) is 0 Å². The van der Waals surface area contributed by atoms with Crippen LogP contribution in [0.4, 0.5) is 0 Å². The van der Waals surface area contributed by atoms with E-state index in [-0.39, 0.29) is 4.90 Å². The van der Waals surface area contributed by atoms with E-state index in [0.717, 1.165) is 5.56 Å². The van der Waals surface area contributed by atoms with Crippen molar-refractivity contribution >= 4 is 19.7 Å². The summed E-state index contributed by atoms with van der Waals surface area (Å²) in [6.45, 7) is 0.539. The quantitative estimate of drug-likeness (QED) is 0.746. The van der Waals surface area contributed by atoms with E-state index in [1.807, 2.05) is 0 Å². The van der Waals surface area contributed by atoms with Crippen LogP contribution in [0.5, 0.6) is 11.5 Å². The molecular weight excluding hydrogens is 240 g/mol. The van der Waals surface area contributed by atoms with Crippen molar-refractivity contribution in [1.29, 1.82) is 0 Å². The highest BCUT2D eigenvalue weighted by Gasteiger charge is 2.25. The number of ether oxygens (including phenoxy) is 2. The van der Waals surface area contributed by atoms with Crippen LogP contribution >= 0.6 is 10.7 Å². The van der Waals surface area contributed by atoms with Crippen LogP contribution in [-0.2, 0) is 15.5 Å². The lowest BCUT2D eigenvalue weighted by Crippen LogP contribution is -1.98. The average Bonchev–Trinajstić information content (AvgIpc) is 2.61. The molecule has 82 valence electrons. The van der Waals surface area contributed by atoms with E-state index < -0.39 is 9.05 Å². The number of benzene rings is 1. The SMILES string of the molecule is COc1c(S(=O)(=O)Cl)ccc2c1CCO2. The van der Waals surface area contributed by atoms with E-state index in [0.29, 0.717) is 24.5 Å². The molecule has 0 aliphatic carbocycles. The second kappa shape index (κ2) is 3.57. The van der Waals surface area contributed by atoms with Gasteiger partial charge in [-0.15, -0.1) is 0 Å². The summed E-state index contributed by atoms with van der Waals surface area (Å²) >= 11 is 0. The summed E-state index contributed by atoms with van der Waals surface area (Å²) in [5, 5.41) is 0. The Kier molecular flexibility index (Phi) is 2.52. The number of rotatable bonds is 2. The number of methoxy groups -OCH3 is 1. The maximum atomic E-state index is 11.3. The van der Waals surface area contributed by atoms with Gasteiger partial charge in [0.15, 0.2) is 0 Å². The highest BCUT2D eigenvalue weighted by Crippen LogP contribution is 2.39. The molecular formula is C9H9ClO4S. The highest BCUT2D eigenvalue weighted by molar-refractivity contribution is 8.13. The number of halogens is 1. The smallest absolute Gasteiger partial charge is 0.264 e. The summed E-state index contributed by atoms with van der Waals surface area (Å²) in [6, 6.07) is 2.99. The molecule has 0 unspecified atom stereocenters. The molecule has 0 N–H and O–H groups in total. The Hall–Kier alpha value is -0.940. The van der Waals surface area contributed by atoms with Crippen molar-refractivity contribution in [2.75, 3.05) is 13.7 Å². The first-order valence-electron chi connectivity index (χ1n) is 4.31. The Labute approximate surface area is 92.2 Å². The summed E-state index contributed by atoms with van der Waals surface area (Å²) in [4.78, 5) is -0.00378. The molecule has 0 bridgehead atoms. The molecule has 0 fully saturated rings. The lowest BCUT2D eigenvalue weighted by molar-refractivity contribution is 0.356. The van der Waals surface area contributed by atoms with E-state index >= 15 is 0 Å². The number of hydrogen-bond acceptors (Lipinski definition) is 4. The van der Waals surface area contributed by atoms with Crippen molar-refractivity contribution in [3.8, 4) is 11.5 Å². The minimum Gasteiger partial charge on any atom is -0.495 e. The predicted octanol–water partition coefficient (Wildman–Crippen LogP) is 1.56. The summed E-state index contributed by atoms with van der Waals surface area (Å²) in [7, 11) is 2.94. The van der Waals surface area contributed by atoms with E-state index in [1.54, 1.807) is 6.07 Å². The van der Waals surface area contributed by atoms with Crippen molar-refractivity contribution in [3.05, 3.63) is 17.7 Å². The van der Waals surface area contributed by atoms with Gasteiger partial charge in [-0.2, -0.15) is 0 Å². The molecule has 15 heavy (non-hydrogen) atoms. The Morgan fingerprint density at radius 1 is 1.47 bits per heavy atom. The van der Waals surface area contributed by atoms with Crippen molar-refractivity contribution in [2.45, 2.75) is 11.3 Å². The molecule has 1 heterocycles. The van der Waals surface area contributed by atoms with Gasteiger partial charge in [-0.1, -0.05) is 0 Å². The third-order valence-corrected chi connectivity index (χ3v) is 3.60. The van der Waals surface area contributed by atoms with Gasteiger partial charge in [-0.3, -0.25) is 0 Å². The molecule has 0 radical (unpaired) electrons. The van der Waals surface area contributed by atoms with E-state index in [4.69, 9.17) is 20.2 Å². The van der Waals surface area contributed by atoms with Crippen LogP contribution in [0.3, 0.4) is 0 Å². The van der Waals surface area contributed by atoms with Crippen LogP contribution in [-0.4, -0.2) is 22.1 Å². The average molecular weight is 249 g/mol. The fourth-order valence-corrected chi connectivity index (χ4v) is 2.66. The predicted molar refractivity (Wildman–Crippen MR) is 55.2 cm³/mol. The normalized spacial score (nSPS) is 14.5. The van der Waals surface area contributed by atoms with Gasteiger partial charge in [0.1, 0.15) is 16.4 Å². The monoisotopic (exact) mass is 248 g/mol. The molecule has 4 nitrogen and oxygen atoms in total. The summed E-state index contributed by atoms with van der Waals surface area (Å²) in [6.07, 6.45) is 0.638. The zero-order valence-corrected chi connectivity index (χ0v) is 9.56. The van der Waals surface area contributed by atoms with Crippen LogP contribution in [0, 0.1) is 0 Å². The van der Waals surface area contributed by atoms with Gasteiger partial charge >= 0.3 is 0 Å². The Morgan fingerprint density at radius 2 is 2.20 bits per heavy atom. The molecule has 6 heteroatoms. The molecule has 1 aromatic carbocycles. The first-order chi connectivity index (χ1) is 7.04. The first kappa shape index (κ1) is 10.6. The zero-order valence-electron chi connectivity index (χ0n) is 7.99. The molecule has 1 aliphatic rings. The summed E-state index contributed by atoms with van der Waals surface area (Å²) in [5.41, 5.74) is 0.763. The van der Waals surface area contributed by atoms with Crippen LogP contribution in [0.2, 0.25) is 0 Å². The standard InChI is InChI=1S/C9H9ClO4S/c1-13-9-6-4-5-14-7(6)2-3-8(9)15(10,11)12/h2-3H,4-5H2,1H3. The highest BCUT2D eigenvalue weighted by atomic mass is 35.7. The minimum absolute atomic E-state index is 0.00378. The van der Waals surface area contributed by atoms with Crippen LogP contribution in [0.1, 0.15) is 5.56 Å². The van der Waals surface area contributed by atoms with Gasteiger partial charge in [0.05, 0.1) is 13.7 Å². The lowest BCUT2D eigenvalue weighted by atomic mass is 10.1. The molecule has 0 spiro atoms. The Balaban J connectivity index is 2.69. The lowest BCUT2D eigenvalue weighted by Gasteiger charge is -2.09. The number of hydrogen-bond donors (Lipinski definition) is 0. The maximum Gasteiger partial charge on any atom is 0.264 e. The molecule has 0 aromatic heterocycles. The maximum absolute atomic E-state index is 11.3. The summed E-state index contributed by atoms with van der Waals surface area (Å²) in [5.74, 6) is 0.955. The third kappa shape index (κ3) is 1.77. The van der Waals surface area contributed by atoms with Gasteiger partial charge in [0, 0.05) is 22.7 Å². The van der Waals surface area contributed by atoms with Crippen LogP contribution in [0.25, 0.3) is 0 Å². The molecule has 0 saturated carbocycles.